The van der Waals surface area contributed by atoms with Crippen molar-refractivity contribution in [1.82, 2.24) is 4.90 Å². The number of carbonyl (C=O) groups is 1. The molecule has 0 aromatic heterocycles. The number of amides is 1. The molecule has 0 bridgehead atoms. The third kappa shape index (κ3) is 3.80. The zero-order valence-electron chi connectivity index (χ0n) is 13.3. The van der Waals surface area contributed by atoms with Gasteiger partial charge < -0.3 is 14.4 Å². The van der Waals surface area contributed by atoms with Crippen molar-refractivity contribution < 1.29 is 14.3 Å². The Labute approximate surface area is 132 Å². The second-order valence-electron chi connectivity index (χ2n) is 6.56. The molecule has 3 rings (SSSR count). The van der Waals surface area contributed by atoms with Crippen molar-refractivity contribution in [2.45, 2.75) is 37.7 Å². The quantitative estimate of drug-likeness (QED) is 0.811. The molecule has 1 aliphatic heterocycles. The Morgan fingerprint density at radius 2 is 2.09 bits per heavy atom. The second kappa shape index (κ2) is 6.69. The maximum absolute atomic E-state index is 12.4. The van der Waals surface area contributed by atoms with Crippen molar-refractivity contribution in [3.05, 3.63) is 30.3 Å². The van der Waals surface area contributed by atoms with Crippen molar-refractivity contribution >= 4 is 5.91 Å². The lowest BCUT2D eigenvalue weighted by Gasteiger charge is -2.41. The fraction of sp³-hybridized carbons (Fsp3) is 0.611. The van der Waals surface area contributed by atoms with Gasteiger partial charge in [0.15, 0.2) is 0 Å². The number of carbonyl (C=O) groups excluding carboxylic acids is 1. The molecule has 1 aliphatic carbocycles. The van der Waals surface area contributed by atoms with Crippen LogP contribution in [0.5, 0.6) is 5.75 Å². The SMILES string of the molecule is COC1(COc2ccccc2)CCCN(C(=O)CC2CC2)C1. The van der Waals surface area contributed by atoms with Gasteiger partial charge in [0, 0.05) is 20.1 Å². The van der Waals surface area contributed by atoms with Crippen LogP contribution in [0.2, 0.25) is 0 Å². The van der Waals surface area contributed by atoms with E-state index >= 15 is 0 Å². The minimum absolute atomic E-state index is 0.281. The molecule has 4 heteroatoms. The summed E-state index contributed by atoms with van der Waals surface area (Å²) in [7, 11) is 1.73. The molecular formula is C18H25NO3. The monoisotopic (exact) mass is 303 g/mol. The molecule has 1 aromatic carbocycles. The smallest absolute Gasteiger partial charge is 0.222 e. The van der Waals surface area contributed by atoms with Gasteiger partial charge in [0.1, 0.15) is 18.0 Å². The Hall–Kier alpha value is -1.55. The molecule has 1 unspecified atom stereocenters. The van der Waals surface area contributed by atoms with E-state index in [1.54, 1.807) is 7.11 Å². The summed E-state index contributed by atoms with van der Waals surface area (Å²) in [6.07, 6.45) is 5.05. The summed E-state index contributed by atoms with van der Waals surface area (Å²) >= 11 is 0. The largest absolute Gasteiger partial charge is 0.491 e. The van der Waals surface area contributed by atoms with Crippen LogP contribution < -0.4 is 4.74 Å². The van der Waals surface area contributed by atoms with Crippen molar-refractivity contribution in [2.24, 2.45) is 5.92 Å². The first-order valence-corrected chi connectivity index (χ1v) is 8.22. The number of rotatable bonds is 6. The average Bonchev–Trinajstić information content (AvgIpc) is 3.38. The Balaban J connectivity index is 1.59. The van der Waals surface area contributed by atoms with E-state index in [4.69, 9.17) is 9.47 Å². The normalized spacial score (nSPS) is 25.0. The first kappa shape index (κ1) is 15.3. The van der Waals surface area contributed by atoms with Gasteiger partial charge in [-0.1, -0.05) is 18.2 Å². The summed E-state index contributed by atoms with van der Waals surface area (Å²) in [5.41, 5.74) is -0.382. The third-order valence-electron chi connectivity index (χ3n) is 4.73. The predicted molar refractivity (Wildman–Crippen MR) is 84.8 cm³/mol. The van der Waals surface area contributed by atoms with Gasteiger partial charge in [0.2, 0.25) is 5.91 Å². The number of likely N-dealkylation sites (tertiary alicyclic amines) is 1. The number of ether oxygens (including phenoxy) is 2. The van der Waals surface area contributed by atoms with Gasteiger partial charge in [-0.3, -0.25) is 4.79 Å². The van der Waals surface area contributed by atoms with Crippen LogP contribution in [0.3, 0.4) is 0 Å². The van der Waals surface area contributed by atoms with Crippen LogP contribution in [0.4, 0.5) is 0 Å². The van der Waals surface area contributed by atoms with Gasteiger partial charge in [-0.2, -0.15) is 0 Å². The molecule has 0 N–H and O–H groups in total. The highest BCUT2D eigenvalue weighted by molar-refractivity contribution is 5.77. The Morgan fingerprint density at radius 1 is 1.32 bits per heavy atom. The zero-order valence-corrected chi connectivity index (χ0v) is 13.3. The Morgan fingerprint density at radius 3 is 2.77 bits per heavy atom. The van der Waals surface area contributed by atoms with Crippen molar-refractivity contribution in [3.8, 4) is 5.75 Å². The lowest BCUT2D eigenvalue weighted by atomic mass is 9.93. The van der Waals surface area contributed by atoms with Crippen LogP contribution in [-0.4, -0.2) is 43.2 Å². The summed E-state index contributed by atoms with van der Waals surface area (Å²) < 4.78 is 11.7. The van der Waals surface area contributed by atoms with E-state index < -0.39 is 0 Å². The minimum Gasteiger partial charge on any atom is -0.491 e. The number of hydrogen-bond acceptors (Lipinski definition) is 3. The number of piperidine rings is 1. The molecule has 4 nitrogen and oxygen atoms in total. The van der Waals surface area contributed by atoms with E-state index in [1.165, 1.54) is 12.8 Å². The number of nitrogens with zero attached hydrogens (tertiary/aromatic N) is 1. The number of benzene rings is 1. The fourth-order valence-electron chi connectivity index (χ4n) is 3.08. The highest BCUT2D eigenvalue weighted by atomic mass is 16.5. The maximum atomic E-state index is 12.4. The predicted octanol–water partition coefficient (Wildman–Crippen LogP) is 2.87. The van der Waals surface area contributed by atoms with Crippen LogP contribution in [0.15, 0.2) is 30.3 Å². The Bertz CT molecular complexity index is 500. The van der Waals surface area contributed by atoms with Gasteiger partial charge in [-0.25, -0.2) is 0 Å². The van der Waals surface area contributed by atoms with Crippen LogP contribution in [0, 0.1) is 5.92 Å². The maximum Gasteiger partial charge on any atom is 0.222 e. The topological polar surface area (TPSA) is 38.8 Å². The molecule has 2 fully saturated rings. The second-order valence-corrected chi connectivity index (χ2v) is 6.56. The molecule has 0 radical (unpaired) electrons. The molecule has 2 aliphatic rings. The number of para-hydroxylation sites is 1. The molecule has 1 saturated heterocycles. The average molecular weight is 303 g/mol. The lowest BCUT2D eigenvalue weighted by Crippen LogP contribution is -2.54. The molecule has 1 aromatic rings. The molecule has 1 atom stereocenters. The lowest BCUT2D eigenvalue weighted by molar-refractivity contribution is -0.143. The van der Waals surface area contributed by atoms with E-state index in [9.17, 15) is 4.79 Å². The van der Waals surface area contributed by atoms with E-state index in [0.29, 0.717) is 25.5 Å². The zero-order chi connectivity index (χ0) is 15.4. The molecule has 120 valence electrons. The van der Waals surface area contributed by atoms with Gasteiger partial charge in [-0.15, -0.1) is 0 Å². The number of hydrogen-bond donors (Lipinski definition) is 0. The van der Waals surface area contributed by atoms with Crippen LogP contribution in [0.25, 0.3) is 0 Å². The fourth-order valence-corrected chi connectivity index (χ4v) is 3.08. The van der Waals surface area contributed by atoms with Crippen LogP contribution in [-0.2, 0) is 9.53 Å². The molecule has 1 heterocycles. The summed E-state index contributed by atoms with van der Waals surface area (Å²) in [4.78, 5) is 14.3. The molecule has 1 amide bonds. The van der Waals surface area contributed by atoms with E-state index in [2.05, 4.69) is 0 Å². The van der Waals surface area contributed by atoms with E-state index in [0.717, 1.165) is 25.1 Å². The standard InChI is InChI=1S/C18H25NO3/c1-21-18(14-22-16-6-3-2-4-7-16)10-5-11-19(13-18)17(20)12-15-8-9-15/h2-4,6-7,15H,5,8-14H2,1H3. The van der Waals surface area contributed by atoms with E-state index in [-0.39, 0.29) is 11.5 Å². The molecule has 1 saturated carbocycles. The first-order chi connectivity index (χ1) is 10.7. The molecule has 22 heavy (non-hydrogen) atoms. The minimum atomic E-state index is -0.382. The first-order valence-electron chi connectivity index (χ1n) is 8.22. The summed E-state index contributed by atoms with van der Waals surface area (Å²) in [5, 5.41) is 0. The summed E-state index contributed by atoms with van der Waals surface area (Å²) in [6, 6.07) is 9.78. The van der Waals surface area contributed by atoms with Crippen LogP contribution >= 0.6 is 0 Å². The third-order valence-corrected chi connectivity index (χ3v) is 4.73. The van der Waals surface area contributed by atoms with Gasteiger partial charge >= 0.3 is 0 Å². The highest BCUT2D eigenvalue weighted by Crippen LogP contribution is 2.34. The van der Waals surface area contributed by atoms with Gasteiger partial charge in [-0.05, 0) is 43.7 Å². The van der Waals surface area contributed by atoms with Crippen molar-refractivity contribution in [3.63, 3.8) is 0 Å². The van der Waals surface area contributed by atoms with E-state index in [1.807, 2.05) is 35.2 Å². The van der Waals surface area contributed by atoms with Gasteiger partial charge in [0.25, 0.3) is 0 Å². The Kier molecular flexibility index (Phi) is 4.67. The van der Waals surface area contributed by atoms with Crippen molar-refractivity contribution in [1.29, 1.82) is 0 Å². The highest BCUT2D eigenvalue weighted by Gasteiger charge is 2.39. The number of methoxy groups -OCH3 is 1. The molecular weight excluding hydrogens is 278 g/mol. The summed E-state index contributed by atoms with van der Waals surface area (Å²) in [6.45, 7) is 1.98. The van der Waals surface area contributed by atoms with Crippen LogP contribution in [0.1, 0.15) is 32.1 Å². The van der Waals surface area contributed by atoms with Gasteiger partial charge in [0.05, 0.1) is 6.54 Å². The summed E-state index contributed by atoms with van der Waals surface area (Å²) in [5.74, 6) is 1.76. The van der Waals surface area contributed by atoms with Crippen molar-refractivity contribution in [2.75, 3.05) is 26.8 Å². The molecule has 0 spiro atoms.